The van der Waals surface area contributed by atoms with E-state index in [4.69, 9.17) is 0 Å². The Hall–Kier alpha value is -3.28. The van der Waals surface area contributed by atoms with Crippen molar-refractivity contribution >= 4 is 5.78 Å². The van der Waals surface area contributed by atoms with E-state index in [1.54, 1.807) is 0 Å². The molecule has 0 radical (unpaired) electrons. The molecule has 0 aliphatic heterocycles. The lowest BCUT2D eigenvalue weighted by Gasteiger charge is -2.08. The molecule has 126 valence electrons. The summed E-state index contributed by atoms with van der Waals surface area (Å²) in [5.41, 5.74) is 0.173. The summed E-state index contributed by atoms with van der Waals surface area (Å²) in [6.45, 7) is 0. The third-order valence-corrected chi connectivity index (χ3v) is 3.73. The third kappa shape index (κ3) is 3.47. The Bertz CT molecular complexity index is 994. The highest BCUT2D eigenvalue weighted by Crippen LogP contribution is 2.17. The summed E-state index contributed by atoms with van der Waals surface area (Å²) in [6.07, 6.45) is 1.30. The van der Waals surface area contributed by atoms with Crippen LogP contribution in [0.15, 0.2) is 65.6 Å². The lowest BCUT2D eigenvalue weighted by atomic mass is 10.0. The van der Waals surface area contributed by atoms with Gasteiger partial charge in [-0.1, -0.05) is 6.07 Å². The van der Waals surface area contributed by atoms with Gasteiger partial charge in [0.25, 0.3) is 5.56 Å². The van der Waals surface area contributed by atoms with Gasteiger partial charge in [-0.25, -0.2) is 8.78 Å². The number of phenolic OH excluding ortho intramolecular Hbond substituents is 1. The SMILES string of the molecule is O=C(Cc1ccc(O)c(F)c1)c1cccn(-c2ccc(F)cc2)c1=O. The number of Topliss-reactive ketones (excluding diaryl/α,β-unsaturated/α-hetero) is 1. The third-order valence-electron chi connectivity index (χ3n) is 3.73. The van der Waals surface area contributed by atoms with Gasteiger partial charge in [0.2, 0.25) is 0 Å². The molecule has 4 nitrogen and oxygen atoms in total. The average molecular weight is 341 g/mol. The molecule has 2 aromatic carbocycles. The monoisotopic (exact) mass is 341 g/mol. The molecule has 1 N–H and O–H groups in total. The summed E-state index contributed by atoms with van der Waals surface area (Å²) in [6, 6.07) is 11.8. The van der Waals surface area contributed by atoms with Gasteiger partial charge in [-0.15, -0.1) is 0 Å². The first-order valence-electron chi connectivity index (χ1n) is 7.44. The van der Waals surface area contributed by atoms with Gasteiger partial charge in [0.15, 0.2) is 17.3 Å². The molecular formula is C19H13F2NO3. The van der Waals surface area contributed by atoms with Crippen LogP contribution in [0.1, 0.15) is 15.9 Å². The molecule has 0 bridgehead atoms. The van der Waals surface area contributed by atoms with Crippen LogP contribution in [0.5, 0.6) is 5.75 Å². The summed E-state index contributed by atoms with van der Waals surface area (Å²) in [7, 11) is 0. The Morgan fingerprint density at radius 3 is 2.44 bits per heavy atom. The van der Waals surface area contributed by atoms with Crippen LogP contribution in [-0.4, -0.2) is 15.5 Å². The fourth-order valence-corrected chi connectivity index (χ4v) is 2.45. The number of aromatic hydroxyl groups is 1. The van der Waals surface area contributed by atoms with Crippen LogP contribution in [0.3, 0.4) is 0 Å². The summed E-state index contributed by atoms with van der Waals surface area (Å²) >= 11 is 0. The van der Waals surface area contributed by atoms with Crippen LogP contribution in [-0.2, 0) is 6.42 Å². The minimum atomic E-state index is -0.831. The molecule has 0 atom stereocenters. The van der Waals surface area contributed by atoms with Gasteiger partial charge in [0.05, 0.1) is 5.56 Å². The van der Waals surface area contributed by atoms with Crippen molar-refractivity contribution in [3.8, 4) is 11.4 Å². The normalized spacial score (nSPS) is 10.6. The second-order valence-corrected chi connectivity index (χ2v) is 5.46. The predicted molar refractivity (Wildman–Crippen MR) is 88.1 cm³/mol. The van der Waals surface area contributed by atoms with Crippen molar-refractivity contribution in [2.45, 2.75) is 6.42 Å². The van der Waals surface area contributed by atoms with Crippen molar-refractivity contribution in [3.05, 3.63) is 93.9 Å². The number of ketones is 1. The van der Waals surface area contributed by atoms with E-state index >= 15 is 0 Å². The molecule has 6 heteroatoms. The van der Waals surface area contributed by atoms with Crippen molar-refractivity contribution in [3.63, 3.8) is 0 Å². The molecule has 3 aromatic rings. The van der Waals surface area contributed by atoms with Crippen LogP contribution >= 0.6 is 0 Å². The van der Waals surface area contributed by atoms with Crippen LogP contribution in [0.2, 0.25) is 0 Å². The highest BCUT2D eigenvalue weighted by molar-refractivity contribution is 5.97. The molecule has 25 heavy (non-hydrogen) atoms. The number of hydrogen-bond donors (Lipinski definition) is 1. The summed E-state index contributed by atoms with van der Waals surface area (Å²) in [5.74, 6) is -2.25. The summed E-state index contributed by atoms with van der Waals surface area (Å²) in [4.78, 5) is 25.0. The van der Waals surface area contributed by atoms with Crippen molar-refractivity contribution in [1.29, 1.82) is 0 Å². The molecule has 0 unspecified atom stereocenters. The minimum absolute atomic E-state index is 0.0553. The van der Waals surface area contributed by atoms with Gasteiger partial charge in [-0.2, -0.15) is 0 Å². The maximum absolute atomic E-state index is 13.4. The zero-order valence-electron chi connectivity index (χ0n) is 12.9. The number of halogens is 2. The molecule has 0 fully saturated rings. The molecule has 0 saturated carbocycles. The minimum Gasteiger partial charge on any atom is -0.505 e. The Morgan fingerprint density at radius 1 is 1.04 bits per heavy atom. The number of pyridine rings is 1. The van der Waals surface area contributed by atoms with E-state index in [1.807, 2.05) is 0 Å². The highest BCUT2D eigenvalue weighted by Gasteiger charge is 2.14. The van der Waals surface area contributed by atoms with E-state index in [-0.39, 0.29) is 12.0 Å². The quantitative estimate of drug-likeness (QED) is 0.741. The standard InChI is InChI=1S/C19H13F2NO3/c20-13-4-6-14(7-5-13)22-9-1-2-15(19(22)25)18(24)11-12-3-8-17(23)16(21)10-12/h1-10,23H,11H2. The molecular weight excluding hydrogens is 328 g/mol. The molecule has 0 saturated heterocycles. The second kappa shape index (κ2) is 6.68. The van der Waals surface area contributed by atoms with Crippen molar-refractivity contribution in [2.24, 2.45) is 0 Å². The fourth-order valence-electron chi connectivity index (χ4n) is 2.45. The topological polar surface area (TPSA) is 59.3 Å². The summed E-state index contributed by atoms with van der Waals surface area (Å²) < 4.78 is 27.6. The smallest absolute Gasteiger partial charge is 0.265 e. The number of hydrogen-bond acceptors (Lipinski definition) is 3. The van der Waals surface area contributed by atoms with Crippen LogP contribution in [0, 0.1) is 11.6 Å². The second-order valence-electron chi connectivity index (χ2n) is 5.46. The lowest BCUT2D eigenvalue weighted by Crippen LogP contribution is -2.25. The predicted octanol–water partition coefficient (Wildman–Crippen LogP) is 3.25. The van der Waals surface area contributed by atoms with Gasteiger partial charge >= 0.3 is 0 Å². The molecule has 0 aliphatic carbocycles. The maximum Gasteiger partial charge on any atom is 0.265 e. The highest BCUT2D eigenvalue weighted by atomic mass is 19.1. The largest absolute Gasteiger partial charge is 0.505 e. The van der Waals surface area contributed by atoms with Crippen LogP contribution < -0.4 is 5.56 Å². The average Bonchev–Trinajstić information content (AvgIpc) is 2.59. The molecule has 0 spiro atoms. The Morgan fingerprint density at radius 2 is 1.76 bits per heavy atom. The van der Waals surface area contributed by atoms with Crippen molar-refractivity contribution in [1.82, 2.24) is 4.57 Å². The van der Waals surface area contributed by atoms with Gasteiger partial charge in [-0.05, 0) is 54.1 Å². The number of carbonyl (C=O) groups is 1. The first-order chi connectivity index (χ1) is 12.0. The van der Waals surface area contributed by atoms with E-state index in [1.165, 1.54) is 53.2 Å². The molecule has 3 rings (SSSR count). The van der Waals surface area contributed by atoms with E-state index in [2.05, 4.69) is 0 Å². The van der Waals surface area contributed by atoms with Gasteiger partial charge < -0.3 is 5.11 Å². The first-order valence-corrected chi connectivity index (χ1v) is 7.44. The zero-order chi connectivity index (χ0) is 18.0. The van der Waals surface area contributed by atoms with Gasteiger partial charge in [0, 0.05) is 18.3 Å². The number of phenols is 1. The number of carbonyl (C=O) groups excluding carboxylic acids is 1. The Labute approximate surface area is 141 Å². The van der Waals surface area contributed by atoms with Crippen LogP contribution in [0.25, 0.3) is 5.69 Å². The maximum atomic E-state index is 13.4. The Balaban J connectivity index is 1.93. The fraction of sp³-hybridized carbons (Fsp3) is 0.0526. The lowest BCUT2D eigenvalue weighted by molar-refractivity contribution is 0.0991. The first kappa shape index (κ1) is 16.6. The molecule has 1 aromatic heterocycles. The van der Waals surface area contributed by atoms with Crippen molar-refractivity contribution < 1.29 is 18.7 Å². The number of benzene rings is 2. The van der Waals surface area contributed by atoms with Crippen molar-refractivity contribution in [2.75, 3.05) is 0 Å². The molecule has 0 amide bonds. The van der Waals surface area contributed by atoms with Gasteiger partial charge in [0.1, 0.15) is 5.82 Å². The van der Waals surface area contributed by atoms with Crippen LogP contribution in [0.4, 0.5) is 8.78 Å². The van der Waals surface area contributed by atoms with E-state index in [0.717, 1.165) is 12.1 Å². The van der Waals surface area contributed by atoms with E-state index in [9.17, 15) is 23.5 Å². The molecule has 1 heterocycles. The number of nitrogens with zero attached hydrogens (tertiary/aromatic N) is 1. The zero-order valence-corrected chi connectivity index (χ0v) is 12.9. The van der Waals surface area contributed by atoms with E-state index in [0.29, 0.717) is 11.3 Å². The molecule has 0 aliphatic rings. The van der Waals surface area contributed by atoms with Gasteiger partial charge in [-0.3, -0.25) is 14.2 Å². The Kier molecular flexibility index (Phi) is 4.43. The number of rotatable bonds is 4. The summed E-state index contributed by atoms with van der Waals surface area (Å²) in [5, 5.41) is 9.18. The van der Waals surface area contributed by atoms with E-state index < -0.39 is 28.7 Å². The number of aromatic nitrogens is 1.